The average molecular weight is 571 g/mol. The van der Waals surface area contributed by atoms with Crippen molar-refractivity contribution in [3.05, 3.63) is 65.7 Å². The van der Waals surface area contributed by atoms with Gasteiger partial charge >= 0.3 is 0 Å². The van der Waals surface area contributed by atoms with Gasteiger partial charge in [-0.3, -0.25) is 19.3 Å². The average Bonchev–Trinajstić information content (AvgIpc) is 3.34. The van der Waals surface area contributed by atoms with Crippen molar-refractivity contribution in [2.75, 3.05) is 21.7 Å². The molecule has 2 aromatic carbocycles. The minimum atomic E-state index is -1.24. The van der Waals surface area contributed by atoms with E-state index in [9.17, 15) is 29.0 Å². The maximum absolute atomic E-state index is 13.8. The number of nitrogens with one attached hydrogen (secondary N) is 2. The molecular formula is C28H31FN4O6S. The fourth-order valence-corrected chi connectivity index (χ4v) is 5.27. The highest BCUT2D eigenvalue weighted by Gasteiger charge is 2.34. The summed E-state index contributed by atoms with van der Waals surface area (Å²) in [6.07, 6.45) is 4.65. The Morgan fingerprint density at radius 3 is 2.42 bits per heavy atom. The van der Waals surface area contributed by atoms with E-state index in [1.807, 2.05) is 0 Å². The Bertz CT molecular complexity index is 1340. The molecule has 1 saturated carbocycles. The van der Waals surface area contributed by atoms with Gasteiger partial charge in [0.15, 0.2) is 17.3 Å². The first kappa shape index (κ1) is 28.9. The lowest BCUT2D eigenvalue weighted by Gasteiger charge is -2.33. The number of aromatic nitrogens is 1. The van der Waals surface area contributed by atoms with Crippen LogP contribution in [0.4, 0.5) is 15.9 Å². The summed E-state index contributed by atoms with van der Waals surface area (Å²) in [7, 11) is 0. The second-order valence-electron chi connectivity index (χ2n) is 9.60. The van der Waals surface area contributed by atoms with Crippen LogP contribution in [0.2, 0.25) is 0 Å². The highest BCUT2D eigenvalue weighted by atomic mass is 32.2. The van der Waals surface area contributed by atoms with E-state index >= 15 is 0 Å². The molecule has 10 nitrogen and oxygen atoms in total. The van der Waals surface area contributed by atoms with Crippen molar-refractivity contribution in [1.82, 2.24) is 10.5 Å². The van der Waals surface area contributed by atoms with Crippen molar-refractivity contribution < 1.29 is 33.5 Å². The molecule has 0 unspecified atom stereocenters. The molecule has 1 aliphatic rings. The van der Waals surface area contributed by atoms with Crippen LogP contribution >= 0.6 is 11.8 Å². The van der Waals surface area contributed by atoms with Gasteiger partial charge in [0, 0.05) is 17.8 Å². The molecule has 0 radical (unpaired) electrons. The van der Waals surface area contributed by atoms with Crippen LogP contribution in [0.1, 0.15) is 49.5 Å². The third-order valence-electron chi connectivity index (χ3n) is 6.50. The van der Waals surface area contributed by atoms with Crippen LogP contribution in [0, 0.1) is 12.7 Å². The number of carbonyl (C=O) groups is 3. The molecule has 212 valence electrons. The molecule has 0 bridgehead atoms. The summed E-state index contributed by atoms with van der Waals surface area (Å²) in [4.78, 5) is 41.0. The van der Waals surface area contributed by atoms with Gasteiger partial charge in [0.05, 0.1) is 11.5 Å². The lowest BCUT2D eigenvalue weighted by Crippen LogP contribution is -2.48. The molecule has 1 atom stereocenters. The van der Waals surface area contributed by atoms with Crippen LogP contribution in [-0.4, -0.2) is 50.6 Å². The van der Waals surface area contributed by atoms with Gasteiger partial charge in [-0.2, -0.15) is 0 Å². The SMILES string of the molecule is Cc1cc(NC(=O)CSCC(=O)N(c2ccc(F)cc2)[C@H](C(=O)NC2CCCCC2)c2ccc(O)c(O)c2)no1. The van der Waals surface area contributed by atoms with Crippen molar-refractivity contribution in [2.24, 2.45) is 0 Å². The molecule has 4 rings (SSSR count). The molecular weight excluding hydrogens is 539 g/mol. The summed E-state index contributed by atoms with van der Waals surface area (Å²) >= 11 is 1.03. The number of hydrogen-bond donors (Lipinski definition) is 4. The Morgan fingerprint density at radius 2 is 1.77 bits per heavy atom. The summed E-state index contributed by atoms with van der Waals surface area (Å²) in [5.41, 5.74) is 0.510. The highest BCUT2D eigenvalue weighted by Crippen LogP contribution is 2.34. The van der Waals surface area contributed by atoms with E-state index in [1.54, 1.807) is 13.0 Å². The minimum Gasteiger partial charge on any atom is -0.504 e. The Labute approximate surface area is 234 Å². The molecule has 1 aliphatic carbocycles. The number of phenols is 2. The fourth-order valence-electron chi connectivity index (χ4n) is 4.60. The van der Waals surface area contributed by atoms with Crippen LogP contribution in [0.3, 0.4) is 0 Å². The van der Waals surface area contributed by atoms with Crippen molar-refractivity contribution >= 4 is 41.0 Å². The summed E-state index contributed by atoms with van der Waals surface area (Å²) in [5.74, 6) is -2.19. The number of aromatic hydroxyl groups is 2. The lowest BCUT2D eigenvalue weighted by molar-refractivity contribution is -0.126. The zero-order valence-electron chi connectivity index (χ0n) is 21.9. The number of nitrogens with zero attached hydrogens (tertiary/aromatic N) is 2. The number of anilines is 2. The van der Waals surface area contributed by atoms with Crippen LogP contribution in [-0.2, 0) is 14.4 Å². The van der Waals surface area contributed by atoms with Gasteiger partial charge in [-0.25, -0.2) is 4.39 Å². The Kier molecular flexibility index (Phi) is 9.65. The minimum absolute atomic E-state index is 0.0714. The van der Waals surface area contributed by atoms with E-state index in [2.05, 4.69) is 15.8 Å². The topological polar surface area (TPSA) is 145 Å². The standard InChI is InChI=1S/C28H31FN4O6S/c1-17-13-24(32-39-17)31-25(36)15-40-16-26(37)33(21-10-8-19(29)9-11-21)27(18-7-12-22(34)23(35)14-18)28(38)30-20-5-3-2-4-6-20/h7-14,20,27,34-35H,2-6,15-16H2,1H3,(H,30,38)(H,31,32,36)/t27-/m0/s1. The zero-order valence-corrected chi connectivity index (χ0v) is 22.7. The van der Waals surface area contributed by atoms with E-state index in [-0.39, 0.29) is 40.4 Å². The summed E-state index contributed by atoms with van der Waals surface area (Å²) in [6, 6.07) is 9.31. The van der Waals surface area contributed by atoms with E-state index in [0.717, 1.165) is 43.9 Å². The molecule has 3 aromatic rings. The maximum atomic E-state index is 13.8. The normalized spacial score (nSPS) is 14.3. The van der Waals surface area contributed by atoms with Crippen LogP contribution in [0.15, 0.2) is 53.1 Å². The van der Waals surface area contributed by atoms with Crippen molar-refractivity contribution in [1.29, 1.82) is 0 Å². The first-order valence-electron chi connectivity index (χ1n) is 12.9. The quantitative estimate of drug-likeness (QED) is 0.262. The largest absolute Gasteiger partial charge is 0.504 e. The molecule has 12 heteroatoms. The maximum Gasteiger partial charge on any atom is 0.248 e. The summed E-state index contributed by atoms with van der Waals surface area (Å²) in [5, 5.41) is 29.4. The Hall–Kier alpha value is -4.06. The fraction of sp³-hybridized carbons (Fsp3) is 0.357. The highest BCUT2D eigenvalue weighted by molar-refractivity contribution is 8.00. The van der Waals surface area contributed by atoms with Gasteiger partial charge in [-0.1, -0.05) is 30.5 Å². The lowest BCUT2D eigenvalue weighted by atomic mass is 9.94. The number of benzene rings is 2. The van der Waals surface area contributed by atoms with Gasteiger partial charge in [0.25, 0.3) is 0 Å². The van der Waals surface area contributed by atoms with Crippen molar-refractivity contribution in [2.45, 2.75) is 51.1 Å². The molecule has 1 aromatic heterocycles. The third kappa shape index (κ3) is 7.53. The van der Waals surface area contributed by atoms with E-state index < -0.39 is 35.3 Å². The predicted molar refractivity (Wildman–Crippen MR) is 149 cm³/mol. The van der Waals surface area contributed by atoms with Gasteiger partial charge < -0.3 is 25.4 Å². The molecule has 40 heavy (non-hydrogen) atoms. The van der Waals surface area contributed by atoms with E-state index in [4.69, 9.17) is 4.52 Å². The molecule has 0 aliphatic heterocycles. The smallest absolute Gasteiger partial charge is 0.248 e. The van der Waals surface area contributed by atoms with Crippen molar-refractivity contribution in [3.63, 3.8) is 0 Å². The number of rotatable bonds is 10. The van der Waals surface area contributed by atoms with Gasteiger partial charge in [-0.05, 0) is 61.7 Å². The molecule has 0 saturated heterocycles. The molecule has 1 fully saturated rings. The number of carbonyl (C=O) groups excluding carboxylic acids is 3. The second-order valence-corrected chi connectivity index (χ2v) is 10.6. The predicted octanol–water partition coefficient (Wildman–Crippen LogP) is 4.43. The molecule has 4 N–H and O–H groups in total. The number of phenolic OH excluding ortho intramolecular Hbond substituents is 2. The number of aryl methyl sites for hydroxylation is 1. The van der Waals surface area contributed by atoms with E-state index in [0.29, 0.717) is 5.76 Å². The number of hydrogen-bond acceptors (Lipinski definition) is 8. The van der Waals surface area contributed by atoms with E-state index in [1.165, 1.54) is 47.4 Å². The number of halogens is 1. The Balaban J connectivity index is 1.59. The van der Waals surface area contributed by atoms with Crippen LogP contribution in [0.5, 0.6) is 11.5 Å². The molecule has 1 heterocycles. The van der Waals surface area contributed by atoms with Crippen LogP contribution in [0.25, 0.3) is 0 Å². The van der Waals surface area contributed by atoms with Gasteiger partial charge in [0.2, 0.25) is 17.7 Å². The molecule has 0 spiro atoms. The molecule has 3 amide bonds. The number of amides is 3. The second kappa shape index (κ2) is 13.3. The zero-order chi connectivity index (χ0) is 28.6. The van der Waals surface area contributed by atoms with Crippen LogP contribution < -0.4 is 15.5 Å². The third-order valence-corrected chi connectivity index (χ3v) is 7.42. The van der Waals surface area contributed by atoms with Crippen molar-refractivity contribution in [3.8, 4) is 11.5 Å². The number of thioether (sulfide) groups is 1. The monoisotopic (exact) mass is 570 g/mol. The first-order chi connectivity index (χ1) is 19.2. The van der Waals surface area contributed by atoms with Gasteiger partial charge in [0.1, 0.15) is 17.6 Å². The Morgan fingerprint density at radius 1 is 1.05 bits per heavy atom. The summed E-state index contributed by atoms with van der Waals surface area (Å²) in [6.45, 7) is 1.69. The first-order valence-corrected chi connectivity index (χ1v) is 14.1. The van der Waals surface area contributed by atoms with Gasteiger partial charge in [-0.15, -0.1) is 11.8 Å². The summed E-state index contributed by atoms with van der Waals surface area (Å²) < 4.78 is 18.7.